The number of aromatic carboxylic acids is 1. The Balaban J connectivity index is 2.33. The van der Waals surface area contributed by atoms with E-state index in [9.17, 15) is 4.79 Å². The number of nitrogens with two attached hydrogens (primary N) is 1. The minimum atomic E-state index is -0.927. The first-order chi connectivity index (χ1) is 9.52. The number of carboxylic acid groups (broad SMARTS) is 1. The highest BCUT2D eigenvalue weighted by Gasteiger charge is 2.14. The van der Waals surface area contributed by atoms with Crippen LogP contribution in [0.25, 0.3) is 11.3 Å². The van der Waals surface area contributed by atoms with Crippen molar-refractivity contribution in [1.29, 1.82) is 0 Å². The average Bonchev–Trinajstić information content (AvgIpc) is 2.86. The molecule has 0 saturated carbocycles. The SMILES string of the molecule is CCC(N)Cc1ccc(-c2cccc(C(=O)O)c2C)o1. The molecule has 2 aromatic rings. The van der Waals surface area contributed by atoms with Gasteiger partial charge in [-0.2, -0.15) is 0 Å². The average molecular weight is 273 g/mol. The Kier molecular flexibility index (Phi) is 4.25. The highest BCUT2D eigenvalue weighted by Crippen LogP contribution is 2.28. The van der Waals surface area contributed by atoms with Gasteiger partial charge in [0, 0.05) is 18.0 Å². The second kappa shape index (κ2) is 5.92. The maximum atomic E-state index is 11.1. The van der Waals surface area contributed by atoms with Crippen LogP contribution in [-0.4, -0.2) is 17.1 Å². The van der Waals surface area contributed by atoms with Crippen LogP contribution in [0.5, 0.6) is 0 Å². The van der Waals surface area contributed by atoms with E-state index in [0.29, 0.717) is 23.3 Å². The molecule has 0 aliphatic heterocycles. The number of benzene rings is 1. The molecule has 0 bridgehead atoms. The molecule has 4 heteroatoms. The summed E-state index contributed by atoms with van der Waals surface area (Å²) in [6, 6.07) is 9.04. The summed E-state index contributed by atoms with van der Waals surface area (Å²) in [6.45, 7) is 3.83. The largest absolute Gasteiger partial charge is 0.478 e. The predicted molar refractivity (Wildman–Crippen MR) is 77.8 cm³/mol. The van der Waals surface area contributed by atoms with Gasteiger partial charge in [-0.1, -0.05) is 19.1 Å². The highest BCUT2D eigenvalue weighted by molar-refractivity contribution is 5.91. The minimum absolute atomic E-state index is 0.0838. The Bertz CT molecular complexity index is 616. The van der Waals surface area contributed by atoms with Gasteiger partial charge in [-0.05, 0) is 37.1 Å². The molecule has 1 heterocycles. The van der Waals surface area contributed by atoms with Gasteiger partial charge < -0.3 is 15.3 Å². The summed E-state index contributed by atoms with van der Waals surface area (Å²) < 4.78 is 5.78. The summed E-state index contributed by atoms with van der Waals surface area (Å²) in [5.74, 6) is 0.586. The van der Waals surface area contributed by atoms with E-state index in [1.54, 1.807) is 19.1 Å². The fourth-order valence-electron chi connectivity index (χ4n) is 2.17. The summed E-state index contributed by atoms with van der Waals surface area (Å²) in [7, 11) is 0. The quantitative estimate of drug-likeness (QED) is 0.876. The number of hydrogen-bond acceptors (Lipinski definition) is 3. The second-order valence-corrected chi connectivity index (χ2v) is 4.92. The lowest BCUT2D eigenvalue weighted by molar-refractivity contribution is 0.0696. The van der Waals surface area contributed by atoms with Gasteiger partial charge in [0.15, 0.2) is 0 Å². The van der Waals surface area contributed by atoms with Crippen molar-refractivity contribution in [3.63, 3.8) is 0 Å². The Morgan fingerprint density at radius 2 is 2.10 bits per heavy atom. The lowest BCUT2D eigenvalue weighted by Crippen LogP contribution is -2.20. The maximum absolute atomic E-state index is 11.1. The molecule has 0 saturated heterocycles. The van der Waals surface area contributed by atoms with Crippen molar-refractivity contribution in [2.75, 3.05) is 0 Å². The van der Waals surface area contributed by atoms with E-state index in [4.69, 9.17) is 15.3 Å². The van der Waals surface area contributed by atoms with E-state index in [0.717, 1.165) is 17.7 Å². The van der Waals surface area contributed by atoms with Crippen LogP contribution in [0.1, 0.15) is 35.0 Å². The van der Waals surface area contributed by atoms with Crippen LogP contribution in [0.15, 0.2) is 34.7 Å². The molecule has 0 spiro atoms. The molecule has 1 aromatic heterocycles. The Morgan fingerprint density at radius 3 is 2.75 bits per heavy atom. The molecular formula is C16H19NO3. The van der Waals surface area contributed by atoms with Gasteiger partial charge >= 0.3 is 5.97 Å². The number of carboxylic acids is 1. The van der Waals surface area contributed by atoms with Crippen molar-refractivity contribution < 1.29 is 14.3 Å². The van der Waals surface area contributed by atoms with Gasteiger partial charge in [-0.25, -0.2) is 4.79 Å². The Labute approximate surface area is 118 Å². The van der Waals surface area contributed by atoms with Crippen LogP contribution in [0.4, 0.5) is 0 Å². The molecule has 0 fully saturated rings. The van der Waals surface area contributed by atoms with Gasteiger partial charge in [0.2, 0.25) is 0 Å². The standard InChI is InChI=1S/C16H19NO3/c1-3-11(17)9-12-7-8-15(20-12)13-5-4-6-14(10(13)2)16(18)19/h4-8,11H,3,9,17H2,1-2H3,(H,18,19). The third-order valence-corrected chi connectivity index (χ3v) is 3.48. The first kappa shape index (κ1) is 14.3. The number of furan rings is 1. The summed E-state index contributed by atoms with van der Waals surface area (Å²) in [4.78, 5) is 11.1. The van der Waals surface area contributed by atoms with Crippen LogP contribution >= 0.6 is 0 Å². The number of rotatable bonds is 5. The van der Waals surface area contributed by atoms with Crippen molar-refractivity contribution >= 4 is 5.97 Å². The molecule has 20 heavy (non-hydrogen) atoms. The molecule has 0 aliphatic carbocycles. The monoisotopic (exact) mass is 273 g/mol. The van der Waals surface area contributed by atoms with Crippen molar-refractivity contribution in [3.05, 3.63) is 47.2 Å². The molecule has 106 valence electrons. The number of hydrogen-bond donors (Lipinski definition) is 2. The normalized spacial score (nSPS) is 12.3. The smallest absolute Gasteiger partial charge is 0.335 e. The summed E-state index contributed by atoms with van der Waals surface area (Å²) in [5.41, 5.74) is 7.72. The second-order valence-electron chi connectivity index (χ2n) is 4.92. The summed E-state index contributed by atoms with van der Waals surface area (Å²) in [6.07, 6.45) is 1.58. The first-order valence-corrected chi connectivity index (χ1v) is 6.70. The third-order valence-electron chi connectivity index (χ3n) is 3.48. The van der Waals surface area contributed by atoms with Crippen molar-refractivity contribution in [2.24, 2.45) is 5.73 Å². The minimum Gasteiger partial charge on any atom is -0.478 e. The van der Waals surface area contributed by atoms with E-state index in [1.165, 1.54) is 0 Å². The van der Waals surface area contributed by atoms with Gasteiger partial charge in [0.1, 0.15) is 11.5 Å². The first-order valence-electron chi connectivity index (χ1n) is 6.70. The van der Waals surface area contributed by atoms with Crippen LogP contribution in [0, 0.1) is 6.92 Å². The van der Waals surface area contributed by atoms with Gasteiger partial charge in [0.05, 0.1) is 5.56 Å². The van der Waals surface area contributed by atoms with E-state index >= 15 is 0 Å². The zero-order valence-electron chi connectivity index (χ0n) is 11.7. The van der Waals surface area contributed by atoms with E-state index in [2.05, 4.69) is 0 Å². The molecule has 0 aliphatic rings. The van der Waals surface area contributed by atoms with Gasteiger partial charge in [-0.3, -0.25) is 0 Å². The third kappa shape index (κ3) is 2.91. The Morgan fingerprint density at radius 1 is 1.35 bits per heavy atom. The molecule has 1 atom stereocenters. The fraction of sp³-hybridized carbons (Fsp3) is 0.312. The molecule has 2 rings (SSSR count). The van der Waals surface area contributed by atoms with Crippen LogP contribution in [0.2, 0.25) is 0 Å². The summed E-state index contributed by atoms with van der Waals surface area (Å²) in [5, 5.41) is 9.15. The summed E-state index contributed by atoms with van der Waals surface area (Å²) >= 11 is 0. The lowest BCUT2D eigenvalue weighted by atomic mass is 10.0. The number of carbonyl (C=O) groups is 1. The molecule has 1 aromatic carbocycles. The lowest BCUT2D eigenvalue weighted by Gasteiger charge is -2.07. The van der Waals surface area contributed by atoms with Crippen molar-refractivity contribution in [1.82, 2.24) is 0 Å². The fourth-order valence-corrected chi connectivity index (χ4v) is 2.17. The van der Waals surface area contributed by atoms with Gasteiger partial charge in [-0.15, -0.1) is 0 Å². The molecular weight excluding hydrogens is 254 g/mol. The topological polar surface area (TPSA) is 76.5 Å². The molecule has 3 N–H and O–H groups in total. The van der Waals surface area contributed by atoms with E-state index in [1.807, 2.05) is 25.1 Å². The zero-order chi connectivity index (χ0) is 14.7. The van der Waals surface area contributed by atoms with E-state index in [-0.39, 0.29) is 6.04 Å². The molecule has 4 nitrogen and oxygen atoms in total. The predicted octanol–water partition coefficient (Wildman–Crippen LogP) is 3.23. The van der Waals surface area contributed by atoms with E-state index < -0.39 is 5.97 Å². The maximum Gasteiger partial charge on any atom is 0.335 e. The molecule has 1 unspecified atom stereocenters. The highest BCUT2D eigenvalue weighted by atomic mass is 16.4. The van der Waals surface area contributed by atoms with Crippen LogP contribution < -0.4 is 5.73 Å². The van der Waals surface area contributed by atoms with Crippen LogP contribution in [-0.2, 0) is 6.42 Å². The molecule has 0 radical (unpaired) electrons. The van der Waals surface area contributed by atoms with Crippen molar-refractivity contribution in [3.8, 4) is 11.3 Å². The molecule has 0 amide bonds. The van der Waals surface area contributed by atoms with Gasteiger partial charge in [0.25, 0.3) is 0 Å². The Hall–Kier alpha value is -2.07. The van der Waals surface area contributed by atoms with Crippen molar-refractivity contribution in [2.45, 2.75) is 32.7 Å². The van der Waals surface area contributed by atoms with Crippen LogP contribution in [0.3, 0.4) is 0 Å². The zero-order valence-corrected chi connectivity index (χ0v) is 11.7.